The van der Waals surface area contributed by atoms with Gasteiger partial charge in [-0.25, -0.2) is 0 Å². The third-order valence-corrected chi connectivity index (χ3v) is 5.92. The lowest BCUT2D eigenvalue weighted by molar-refractivity contribution is -0.156. The highest BCUT2D eigenvalue weighted by molar-refractivity contribution is 5.72. The Morgan fingerprint density at radius 3 is 2.14 bits per heavy atom. The molecule has 1 heterocycles. The van der Waals surface area contributed by atoms with Crippen molar-refractivity contribution in [2.24, 2.45) is 22.7 Å². The summed E-state index contributed by atoms with van der Waals surface area (Å²) in [4.78, 5) is 12.3. The fourth-order valence-corrected chi connectivity index (χ4v) is 4.84. The van der Waals surface area contributed by atoms with Gasteiger partial charge in [0, 0.05) is 5.92 Å². The van der Waals surface area contributed by atoms with Gasteiger partial charge in [-0.15, -0.1) is 0 Å². The molecule has 3 nitrogen and oxygen atoms in total. The number of hydrogen-bond donors (Lipinski definition) is 1. The predicted molar refractivity (Wildman–Crippen MR) is 88.8 cm³/mol. The summed E-state index contributed by atoms with van der Waals surface area (Å²) >= 11 is 0. The maximum atomic E-state index is 12.3. The third-order valence-electron chi connectivity index (χ3n) is 5.92. The van der Waals surface area contributed by atoms with Gasteiger partial charge in [-0.1, -0.05) is 60.3 Å². The monoisotopic (exact) mass is 310 g/mol. The van der Waals surface area contributed by atoms with Crippen molar-refractivity contribution in [3.8, 4) is 0 Å². The molecule has 0 aromatic heterocycles. The number of unbranched alkanes of at least 4 members (excludes halogenated alkanes) is 2. The van der Waals surface area contributed by atoms with Crippen molar-refractivity contribution in [1.82, 2.24) is 0 Å². The number of carbonyl (C=O) groups is 1. The Balaban J connectivity index is 2.37. The Kier molecular flexibility index (Phi) is 5.26. The largest absolute Gasteiger partial charge is 0.481 e. The molecular weight excluding hydrogens is 276 g/mol. The average molecular weight is 310 g/mol. The molecule has 0 bridgehead atoms. The van der Waals surface area contributed by atoms with Crippen LogP contribution in [0, 0.1) is 22.7 Å². The highest BCUT2D eigenvalue weighted by atomic mass is 16.6. The van der Waals surface area contributed by atoms with Crippen LogP contribution in [0.1, 0.15) is 79.6 Å². The molecule has 2 unspecified atom stereocenters. The molecule has 2 fully saturated rings. The quantitative estimate of drug-likeness (QED) is 0.681. The van der Waals surface area contributed by atoms with Crippen LogP contribution in [-0.2, 0) is 9.53 Å². The standard InChI is InChI=1S/C19H34O3/c1-6-8-10-19(11-9-7-2)12-13-16(22-13)14(18(3,4)5)15(19)17(20)21/h13-16H,6-12H2,1-5H3,(H,20,21)/t13-,14?,15?,16-/m1/s1. The van der Waals surface area contributed by atoms with Gasteiger partial charge in [-0.2, -0.15) is 0 Å². The summed E-state index contributed by atoms with van der Waals surface area (Å²) in [6.45, 7) is 10.9. The van der Waals surface area contributed by atoms with Crippen LogP contribution in [-0.4, -0.2) is 23.3 Å². The molecule has 0 aromatic rings. The second-order valence-electron chi connectivity index (χ2n) is 8.62. The van der Waals surface area contributed by atoms with Gasteiger partial charge >= 0.3 is 5.97 Å². The summed E-state index contributed by atoms with van der Waals surface area (Å²) in [5, 5.41) is 10.1. The molecule has 0 aromatic carbocycles. The van der Waals surface area contributed by atoms with E-state index in [4.69, 9.17) is 4.74 Å². The summed E-state index contributed by atoms with van der Waals surface area (Å²) in [5.41, 5.74) is -0.0833. The van der Waals surface area contributed by atoms with E-state index in [1.54, 1.807) is 0 Å². The van der Waals surface area contributed by atoms with E-state index in [0.717, 1.165) is 44.9 Å². The number of fused-ring (bicyclic) bond motifs is 1. The Hall–Kier alpha value is -0.570. The van der Waals surface area contributed by atoms with Gasteiger partial charge in [0.2, 0.25) is 0 Å². The van der Waals surface area contributed by atoms with E-state index in [-0.39, 0.29) is 28.8 Å². The van der Waals surface area contributed by atoms with Gasteiger partial charge < -0.3 is 9.84 Å². The van der Waals surface area contributed by atoms with E-state index in [0.29, 0.717) is 6.10 Å². The van der Waals surface area contributed by atoms with E-state index in [2.05, 4.69) is 34.6 Å². The van der Waals surface area contributed by atoms with E-state index in [1.165, 1.54) is 0 Å². The van der Waals surface area contributed by atoms with Crippen LogP contribution in [0.3, 0.4) is 0 Å². The summed E-state index contributed by atoms with van der Waals surface area (Å²) in [6.07, 6.45) is 8.06. The Bertz CT molecular complexity index is 388. The van der Waals surface area contributed by atoms with Gasteiger partial charge in [0.05, 0.1) is 18.1 Å². The molecule has 0 radical (unpaired) electrons. The molecule has 0 amide bonds. The Labute approximate surface area is 135 Å². The van der Waals surface area contributed by atoms with Crippen molar-refractivity contribution in [3.05, 3.63) is 0 Å². The van der Waals surface area contributed by atoms with Crippen LogP contribution >= 0.6 is 0 Å². The molecule has 2 rings (SSSR count). The zero-order valence-corrected chi connectivity index (χ0v) is 15.0. The average Bonchev–Trinajstić information content (AvgIpc) is 3.18. The normalized spacial score (nSPS) is 33.3. The fraction of sp³-hybridized carbons (Fsp3) is 0.947. The fourth-order valence-electron chi connectivity index (χ4n) is 4.84. The molecule has 1 aliphatic heterocycles. The van der Waals surface area contributed by atoms with Crippen molar-refractivity contribution < 1.29 is 14.6 Å². The first-order valence-corrected chi connectivity index (χ1v) is 9.15. The minimum absolute atomic E-state index is 0.0213. The van der Waals surface area contributed by atoms with Gasteiger partial charge in [-0.3, -0.25) is 4.79 Å². The topological polar surface area (TPSA) is 49.8 Å². The number of aliphatic carboxylic acids is 1. The van der Waals surface area contributed by atoms with Crippen molar-refractivity contribution in [1.29, 1.82) is 0 Å². The van der Waals surface area contributed by atoms with E-state index in [1.807, 2.05) is 0 Å². The molecule has 1 saturated heterocycles. The maximum Gasteiger partial charge on any atom is 0.307 e. The molecule has 1 N–H and O–H groups in total. The predicted octanol–water partition coefficient (Wildman–Crippen LogP) is 4.89. The molecule has 4 atom stereocenters. The molecule has 1 aliphatic carbocycles. The smallest absolute Gasteiger partial charge is 0.307 e. The third kappa shape index (κ3) is 3.34. The summed E-state index contributed by atoms with van der Waals surface area (Å²) in [7, 11) is 0. The van der Waals surface area contributed by atoms with Crippen molar-refractivity contribution in [3.63, 3.8) is 0 Å². The molecule has 2 aliphatic rings. The van der Waals surface area contributed by atoms with Crippen LogP contribution < -0.4 is 0 Å². The van der Waals surface area contributed by atoms with Crippen LogP contribution in [0.25, 0.3) is 0 Å². The number of carboxylic acid groups (broad SMARTS) is 1. The first kappa shape index (κ1) is 17.8. The second-order valence-corrected chi connectivity index (χ2v) is 8.62. The van der Waals surface area contributed by atoms with Crippen molar-refractivity contribution in [2.45, 2.75) is 91.8 Å². The van der Waals surface area contributed by atoms with Crippen LogP contribution in [0.15, 0.2) is 0 Å². The highest BCUT2D eigenvalue weighted by Gasteiger charge is 2.64. The first-order valence-electron chi connectivity index (χ1n) is 9.15. The van der Waals surface area contributed by atoms with Gasteiger partial charge in [-0.05, 0) is 30.1 Å². The van der Waals surface area contributed by atoms with Gasteiger partial charge in [0.1, 0.15) is 0 Å². The minimum atomic E-state index is -0.596. The first-order chi connectivity index (χ1) is 10.3. The Morgan fingerprint density at radius 1 is 1.18 bits per heavy atom. The maximum absolute atomic E-state index is 12.3. The van der Waals surface area contributed by atoms with Crippen molar-refractivity contribution in [2.75, 3.05) is 0 Å². The second kappa shape index (κ2) is 6.51. The van der Waals surface area contributed by atoms with Gasteiger partial charge in [0.25, 0.3) is 0 Å². The lowest BCUT2D eigenvalue weighted by Gasteiger charge is -2.49. The molecular formula is C19H34O3. The lowest BCUT2D eigenvalue weighted by Crippen LogP contribution is -2.51. The summed E-state index contributed by atoms with van der Waals surface area (Å²) < 4.78 is 5.95. The highest BCUT2D eigenvalue weighted by Crippen LogP contribution is 2.61. The Morgan fingerprint density at radius 2 is 1.73 bits per heavy atom. The number of rotatable bonds is 7. The molecule has 128 valence electrons. The minimum Gasteiger partial charge on any atom is -0.481 e. The number of carboxylic acids is 1. The van der Waals surface area contributed by atoms with Gasteiger partial charge in [0.15, 0.2) is 0 Å². The zero-order valence-electron chi connectivity index (χ0n) is 15.0. The molecule has 1 saturated carbocycles. The van der Waals surface area contributed by atoms with Crippen LogP contribution in [0.5, 0.6) is 0 Å². The van der Waals surface area contributed by atoms with Crippen LogP contribution in [0.4, 0.5) is 0 Å². The lowest BCUT2D eigenvalue weighted by atomic mass is 9.53. The SMILES string of the molecule is CCCCC1(CCCC)C[C@H]2O[C@H]2C(C(C)(C)C)C1C(=O)O. The van der Waals surface area contributed by atoms with E-state index >= 15 is 0 Å². The summed E-state index contributed by atoms with van der Waals surface area (Å²) in [6, 6.07) is 0. The van der Waals surface area contributed by atoms with E-state index in [9.17, 15) is 9.90 Å². The van der Waals surface area contributed by atoms with Crippen LogP contribution in [0.2, 0.25) is 0 Å². The molecule has 0 spiro atoms. The zero-order chi connectivity index (χ0) is 16.5. The molecule has 3 heteroatoms. The molecule has 22 heavy (non-hydrogen) atoms. The van der Waals surface area contributed by atoms with Crippen molar-refractivity contribution >= 4 is 5.97 Å². The number of ether oxygens (including phenoxy) is 1. The summed E-state index contributed by atoms with van der Waals surface area (Å²) in [5.74, 6) is -0.715. The number of epoxide rings is 1. The van der Waals surface area contributed by atoms with E-state index < -0.39 is 5.97 Å². The number of hydrogen-bond acceptors (Lipinski definition) is 2.